The van der Waals surface area contributed by atoms with Gasteiger partial charge in [0.1, 0.15) is 10.6 Å². The second kappa shape index (κ2) is 8.05. The Morgan fingerprint density at radius 3 is 2.43 bits per heavy atom. The fraction of sp³-hybridized carbons (Fsp3) is 0.500. The molecule has 0 aliphatic carbocycles. The van der Waals surface area contributed by atoms with Crippen LogP contribution < -0.4 is 0 Å². The molecule has 0 unspecified atom stereocenters. The summed E-state index contributed by atoms with van der Waals surface area (Å²) in [5, 5.41) is 3.75. The van der Waals surface area contributed by atoms with Crippen molar-refractivity contribution in [2.75, 3.05) is 20.1 Å². The molecule has 1 aromatic carbocycles. The molecule has 0 radical (unpaired) electrons. The fourth-order valence-corrected chi connectivity index (χ4v) is 5.51. The molecule has 0 spiro atoms. The SMILES string of the molecule is Cc1ccccc1CN(C)C(=O)C1CCN(S(=O)(=O)c2c(C)noc2C)CC1. The smallest absolute Gasteiger partial charge is 0.248 e. The van der Waals surface area contributed by atoms with Crippen LogP contribution in [0.3, 0.4) is 0 Å². The van der Waals surface area contributed by atoms with Gasteiger partial charge in [0.2, 0.25) is 15.9 Å². The van der Waals surface area contributed by atoms with Gasteiger partial charge in [0.05, 0.1) is 0 Å². The topological polar surface area (TPSA) is 83.7 Å². The van der Waals surface area contributed by atoms with Crippen molar-refractivity contribution in [3.05, 3.63) is 46.8 Å². The molecule has 0 N–H and O–H groups in total. The van der Waals surface area contributed by atoms with Crippen LogP contribution in [0.15, 0.2) is 33.7 Å². The number of benzene rings is 1. The van der Waals surface area contributed by atoms with Crippen molar-refractivity contribution in [3.8, 4) is 0 Å². The number of nitrogens with zero attached hydrogens (tertiary/aromatic N) is 3. The molecule has 1 aliphatic heterocycles. The number of rotatable bonds is 5. The van der Waals surface area contributed by atoms with E-state index in [0.717, 1.165) is 11.1 Å². The van der Waals surface area contributed by atoms with E-state index in [-0.39, 0.29) is 16.7 Å². The lowest BCUT2D eigenvalue weighted by Gasteiger charge is -2.32. The van der Waals surface area contributed by atoms with Crippen molar-refractivity contribution < 1.29 is 17.7 Å². The highest BCUT2D eigenvalue weighted by atomic mass is 32.2. The molecule has 3 rings (SSSR count). The molecule has 0 saturated carbocycles. The van der Waals surface area contributed by atoms with Crippen molar-refractivity contribution in [3.63, 3.8) is 0 Å². The summed E-state index contributed by atoms with van der Waals surface area (Å²) >= 11 is 0. The third-order valence-electron chi connectivity index (χ3n) is 5.41. The molecule has 28 heavy (non-hydrogen) atoms. The lowest BCUT2D eigenvalue weighted by atomic mass is 9.96. The van der Waals surface area contributed by atoms with Gasteiger partial charge in [0.15, 0.2) is 5.76 Å². The Bertz CT molecular complexity index is 940. The van der Waals surface area contributed by atoms with E-state index in [2.05, 4.69) is 5.16 Å². The predicted octanol–water partition coefficient (Wildman–Crippen LogP) is 2.66. The number of sulfonamides is 1. The van der Waals surface area contributed by atoms with E-state index in [1.807, 2.05) is 38.2 Å². The van der Waals surface area contributed by atoms with Gasteiger partial charge in [-0.2, -0.15) is 4.31 Å². The Kier molecular flexibility index (Phi) is 5.90. The molecule has 7 nitrogen and oxygen atoms in total. The zero-order chi connectivity index (χ0) is 20.5. The summed E-state index contributed by atoms with van der Waals surface area (Å²) in [5.41, 5.74) is 2.65. The first-order valence-corrected chi connectivity index (χ1v) is 10.9. The number of piperidine rings is 1. The molecule has 1 fully saturated rings. The van der Waals surface area contributed by atoms with Crippen LogP contribution in [0.1, 0.15) is 35.4 Å². The summed E-state index contributed by atoms with van der Waals surface area (Å²) < 4.78 is 32.3. The lowest BCUT2D eigenvalue weighted by molar-refractivity contribution is -0.135. The van der Waals surface area contributed by atoms with Gasteiger partial charge in [-0.15, -0.1) is 0 Å². The maximum Gasteiger partial charge on any atom is 0.248 e. The number of aryl methyl sites for hydroxylation is 3. The molecule has 0 bridgehead atoms. The van der Waals surface area contributed by atoms with Crippen LogP contribution in [0.25, 0.3) is 0 Å². The van der Waals surface area contributed by atoms with Crippen molar-refractivity contribution >= 4 is 15.9 Å². The molecule has 2 aromatic rings. The first-order valence-electron chi connectivity index (χ1n) is 9.44. The summed E-state index contributed by atoms with van der Waals surface area (Å²) in [5.74, 6) is 0.205. The number of aromatic nitrogens is 1. The van der Waals surface area contributed by atoms with E-state index in [1.165, 1.54) is 4.31 Å². The Labute approximate surface area is 166 Å². The molecule has 1 aromatic heterocycles. The minimum absolute atomic E-state index is 0.0673. The van der Waals surface area contributed by atoms with E-state index >= 15 is 0 Å². The Morgan fingerprint density at radius 2 is 1.86 bits per heavy atom. The van der Waals surface area contributed by atoms with Crippen LogP contribution in [0.2, 0.25) is 0 Å². The number of hydrogen-bond donors (Lipinski definition) is 0. The second-order valence-corrected chi connectivity index (χ2v) is 9.33. The Hall–Kier alpha value is -2.19. The highest BCUT2D eigenvalue weighted by Gasteiger charge is 2.36. The third kappa shape index (κ3) is 3.98. The van der Waals surface area contributed by atoms with E-state index in [1.54, 1.807) is 18.7 Å². The van der Waals surface area contributed by atoms with Crippen LogP contribution in [-0.4, -0.2) is 48.8 Å². The summed E-state index contributed by atoms with van der Waals surface area (Å²) in [6.45, 7) is 6.46. The molecule has 8 heteroatoms. The highest BCUT2D eigenvalue weighted by Crippen LogP contribution is 2.28. The zero-order valence-electron chi connectivity index (χ0n) is 16.8. The van der Waals surface area contributed by atoms with Gasteiger partial charge >= 0.3 is 0 Å². The van der Waals surface area contributed by atoms with Gasteiger partial charge in [-0.05, 0) is 44.7 Å². The quantitative estimate of drug-likeness (QED) is 0.764. The highest BCUT2D eigenvalue weighted by molar-refractivity contribution is 7.89. The predicted molar refractivity (Wildman–Crippen MR) is 105 cm³/mol. The summed E-state index contributed by atoms with van der Waals surface area (Å²) in [7, 11) is -1.84. The van der Waals surface area contributed by atoms with Gasteiger partial charge in [-0.1, -0.05) is 29.4 Å². The first-order chi connectivity index (χ1) is 13.2. The van der Waals surface area contributed by atoms with Crippen LogP contribution in [-0.2, 0) is 21.4 Å². The number of hydrogen-bond acceptors (Lipinski definition) is 5. The standard InChI is InChI=1S/C20H27N3O4S/c1-14-7-5-6-8-18(14)13-22(4)20(24)17-9-11-23(12-10-17)28(25,26)19-15(2)21-27-16(19)3/h5-8,17H,9-13H2,1-4H3. The number of carbonyl (C=O) groups is 1. The second-order valence-electron chi connectivity index (χ2n) is 7.45. The van der Waals surface area contributed by atoms with Crippen LogP contribution in [0.5, 0.6) is 0 Å². The summed E-state index contributed by atoms with van der Waals surface area (Å²) in [6, 6.07) is 8.01. The van der Waals surface area contributed by atoms with Crippen molar-refractivity contribution in [1.29, 1.82) is 0 Å². The average Bonchev–Trinajstić information content (AvgIpc) is 3.02. The molecule has 1 saturated heterocycles. The average molecular weight is 406 g/mol. The van der Waals surface area contributed by atoms with Crippen molar-refractivity contribution in [1.82, 2.24) is 14.4 Å². The minimum Gasteiger partial charge on any atom is -0.360 e. The number of amides is 1. The third-order valence-corrected chi connectivity index (χ3v) is 7.56. The Morgan fingerprint density at radius 1 is 1.21 bits per heavy atom. The van der Waals surface area contributed by atoms with Crippen LogP contribution in [0, 0.1) is 26.7 Å². The molecule has 1 amide bonds. The normalized spacial score (nSPS) is 16.3. The minimum atomic E-state index is -3.65. The number of carbonyl (C=O) groups excluding carboxylic acids is 1. The van der Waals surface area contributed by atoms with E-state index < -0.39 is 10.0 Å². The van der Waals surface area contributed by atoms with Gasteiger partial charge < -0.3 is 9.42 Å². The van der Waals surface area contributed by atoms with E-state index in [9.17, 15) is 13.2 Å². The monoisotopic (exact) mass is 405 g/mol. The molecule has 1 aliphatic rings. The largest absolute Gasteiger partial charge is 0.360 e. The van der Waals surface area contributed by atoms with Crippen LogP contribution >= 0.6 is 0 Å². The van der Waals surface area contributed by atoms with Gasteiger partial charge in [0.25, 0.3) is 0 Å². The maximum absolute atomic E-state index is 12.9. The fourth-order valence-electron chi connectivity index (χ4n) is 3.75. The lowest BCUT2D eigenvalue weighted by Crippen LogP contribution is -2.43. The molecule has 0 atom stereocenters. The van der Waals surface area contributed by atoms with E-state index in [4.69, 9.17) is 4.52 Å². The summed E-state index contributed by atoms with van der Waals surface area (Å²) in [4.78, 5) is 14.7. The van der Waals surface area contributed by atoms with Crippen LogP contribution in [0.4, 0.5) is 0 Å². The van der Waals surface area contributed by atoms with E-state index in [0.29, 0.717) is 43.9 Å². The zero-order valence-corrected chi connectivity index (χ0v) is 17.6. The molecule has 152 valence electrons. The summed E-state index contributed by atoms with van der Waals surface area (Å²) in [6.07, 6.45) is 1.03. The van der Waals surface area contributed by atoms with Gasteiger partial charge in [0, 0.05) is 32.6 Å². The van der Waals surface area contributed by atoms with Gasteiger partial charge in [-0.25, -0.2) is 8.42 Å². The molecular formula is C20H27N3O4S. The van der Waals surface area contributed by atoms with Crippen molar-refractivity contribution in [2.24, 2.45) is 5.92 Å². The first kappa shape index (κ1) is 20.5. The molecular weight excluding hydrogens is 378 g/mol. The Balaban J connectivity index is 1.63. The molecule has 2 heterocycles. The maximum atomic E-state index is 12.9. The van der Waals surface area contributed by atoms with Gasteiger partial charge in [-0.3, -0.25) is 4.79 Å². The van der Waals surface area contributed by atoms with Crippen molar-refractivity contribution in [2.45, 2.75) is 45.1 Å².